The quantitative estimate of drug-likeness (QED) is 0.865. The molecule has 0 unspecified atom stereocenters. The van der Waals surface area contributed by atoms with Crippen molar-refractivity contribution >= 4 is 16.0 Å². The van der Waals surface area contributed by atoms with Crippen molar-refractivity contribution in [1.29, 1.82) is 0 Å². The second-order valence-corrected chi connectivity index (χ2v) is 5.30. The van der Waals surface area contributed by atoms with E-state index in [4.69, 9.17) is 5.11 Å². The van der Waals surface area contributed by atoms with Gasteiger partial charge in [-0.05, 0) is 12.1 Å². The summed E-state index contributed by atoms with van der Waals surface area (Å²) in [5, 5.41) is 8.97. The van der Waals surface area contributed by atoms with Gasteiger partial charge in [0.1, 0.15) is 0 Å². The molecule has 6 heteroatoms. The third-order valence-corrected chi connectivity index (χ3v) is 4.55. The third-order valence-electron chi connectivity index (χ3n) is 2.44. The first-order valence-corrected chi connectivity index (χ1v) is 6.71. The molecule has 0 fully saturated rings. The van der Waals surface area contributed by atoms with Crippen LogP contribution >= 0.6 is 0 Å². The lowest BCUT2D eigenvalue weighted by Crippen LogP contribution is -2.31. The molecule has 0 atom stereocenters. The van der Waals surface area contributed by atoms with Crippen molar-refractivity contribution in [2.75, 3.05) is 13.1 Å². The predicted molar refractivity (Wildman–Crippen MR) is 63.5 cm³/mol. The Bertz CT molecular complexity index is 506. The molecule has 1 aromatic rings. The number of carboxylic acid groups (broad SMARTS) is 1. The van der Waals surface area contributed by atoms with E-state index in [1.807, 2.05) is 0 Å². The largest absolute Gasteiger partial charge is 0.478 e. The number of hydrogen-bond donors (Lipinski definition) is 1. The summed E-state index contributed by atoms with van der Waals surface area (Å²) in [7, 11) is -3.72. The zero-order chi connectivity index (χ0) is 13.1. The molecule has 0 aromatic heterocycles. The van der Waals surface area contributed by atoms with Crippen LogP contribution in [0.4, 0.5) is 0 Å². The number of rotatable bonds is 5. The van der Waals surface area contributed by atoms with Crippen molar-refractivity contribution in [3.8, 4) is 0 Å². The summed E-state index contributed by atoms with van der Waals surface area (Å²) < 4.78 is 25.6. The zero-order valence-electron chi connectivity index (χ0n) is 9.75. The molecule has 1 N–H and O–H groups in total. The summed E-state index contributed by atoms with van der Waals surface area (Å²) in [6.07, 6.45) is 0. The summed E-state index contributed by atoms with van der Waals surface area (Å²) in [5.74, 6) is -1.24. The van der Waals surface area contributed by atoms with E-state index in [1.54, 1.807) is 13.8 Å². The number of benzene rings is 1. The van der Waals surface area contributed by atoms with Crippen LogP contribution in [0.3, 0.4) is 0 Å². The lowest BCUT2D eigenvalue weighted by Gasteiger charge is -2.19. The number of sulfonamides is 1. The van der Waals surface area contributed by atoms with Crippen LogP contribution in [0.5, 0.6) is 0 Å². The van der Waals surface area contributed by atoms with Crippen LogP contribution in [0.15, 0.2) is 29.2 Å². The summed E-state index contributed by atoms with van der Waals surface area (Å²) in [6, 6.07) is 5.63. The van der Waals surface area contributed by atoms with Gasteiger partial charge in [0, 0.05) is 13.1 Å². The number of hydrogen-bond acceptors (Lipinski definition) is 3. The molecular weight excluding hydrogens is 242 g/mol. The highest BCUT2D eigenvalue weighted by atomic mass is 32.2. The molecule has 0 saturated heterocycles. The Hall–Kier alpha value is -1.40. The van der Waals surface area contributed by atoms with E-state index < -0.39 is 16.0 Å². The van der Waals surface area contributed by atoms with E-state index in [1.165, 1.54) is 28.6 Å². The van der Waals surface area contributed by atoms with Crippen molar-refractivity contribution in [2.24, 2.45) is 0 Å². The van der Waals surface area contributed by atoms with E-state index in [0.29, 0.717) is 13.1 Å². The molecule has 1 aromatic carbocycles. The zero-order valence-corrected chi connectivity index (χ0v) is 10.6. The van der Waals surface area contributed by atoms with Crippen molar-refractivity contribution in [3.63, 3.8) is 0 Å². The van der Waals surface area contributed by atoms with E-state index in [-0.39, 0.29) is 10.5 Å². The Morgan fingerprint density at radius 2 is 1.76 bits per heavy atom. The molecule has 0 amide bonds. The molecule has 0 aliphatic carbocycles. The fourth-order valence-electron chi connectivity index (χ4n) is 1.57. The highest BCUT2D eigenvalue weighted by Gasteiger charge is 2.26. The van der Waals surface area contributed by atoms with Gasteiger partial charge in [0.15, 0.2) is 0 Å². The van der Waals surface area contributed by atoms with E-state index in [9.17, 15) is 13.2 Å². The molecule has 0 radical (unpaired) electrons. The maximum atomic E-state index is 12.2. The fraction of sp³-hybridized carbons (Fsp3) is 0.364. The van der Waals surface area contributed by atoms with Crippen molar-refractivity contribution in [3.05, 3.63) is 29.8 Å². The maximum Gasteiger partial charge on any atom is 0.337 e. The fourth-order valence-corrected chi connectivity index (χ4v) is 3.21. The molecule has 0 aliphatic heterocycles. The molecule has 0 heterocycles. The van der Waals surface area contributed by atoms with E-state index >= 15 is 0 Å². The molecule has 94 valence electrons. The minimum Gasteiger partial charge on any atom is -0.478 e. The van der Waals surface area contributed by atoms with Gasteiger partial charge in [0.05, 0.1) is 10.5 Å². The van der Waals surface area contributed by atoms with Crippen molar-refractivity contribution in [1.82, 2.24) is 4.31 Å². The Balaban J connectivity index is 3.38. The number of carboxylic acids is 1. The van der Waals surface area contributed by atoms with Gasteiger partial charge >= 0.3 is 5.97 Å². The summed E-state index contributed by atoms with van der Waals surface area (Å²) in [4.78, 5) is 10.8. The monoisotopic (exact) mass is 257 g/mol. The summed E-state index contributed by atoms with van der Waals surface area (Å²) in [5.41, 5.74) is -0.195. The lowest BCUT2D eigenvalue weighted by molar-refractivity contribution is 0.0692. The maximum absolute atomic E-state index is 12.2. The number of aromatic carboxylic acids is 1. The first kappa shape index (κ1) is 13.7. The van der Waals surface area contributed by atoms with Crippen LogP contribution in [0.1, 0.15) is 24.2 Å². The highest BCUT2D eigenvalue weighted by Crippen LogP contribution is 2.19. The average molecular weight is 257 g/mol. The summed E-state index contributed by atoms with van der Waals surface area (Å²) in [6.45, 7) is 4.05. The SMILES string of the molecule is CCN(CC)S(=O)(=O)c1ccccc1C(=O)O. The lowest BCUT2D eigenvalue weighted by atomic mass is 10.2. The Kier molecular flexibility index (Phi) is 4.25. The van der Waals surface area contributed by atoms with Gasteiger partial charge in [-0.15, -0.1) is 0 Å². The molecule has 5 nitrogen and oxygen atoms in total. The molecule has 0 bridgehead atoms. The minimum atomic E-state index is -3.72. The second-order valence-electron chi connectivity index (χ2n) is 3.39. The first-order valence-electron chi connectivity index (χ1n) is 5.27. The molecule has 1 rings (SSSR count). The molecular formula is C11H15NO4S. The minimum absolute atomic E-state index is 0.156. The predicted octanol–water partition coefficient (Wildman–Crippen LogP) is 1.42. The van der Waals surface area contributed by atoms with Crippen LogP contribution in [0, 0.1) is 0 Å². The van der Waals surface area contributed by atoms with Gasteiger partial charge in [-0.25, -0.2) is 13.2 Å². The standard InChI is InChI=1S/C11H15NO4S/c1-3-12(4-2)17(15,16)10-8-6-5-7-9(10)11(13)14/h5-8H,3-4H2,1-2H3,(H,13,14). The van der Waals surface area contributed by atoms with Crippen LogP contribution in [-0.2, 0) is 10.0 Å². The second kappa shape index (κ2) is 5.29. The van der Waals surface area contributed by atoms with Gasteiger partial charge in [-0.3, -0.25) is 0 Å². The third kappa shape index (κ3) is 2.65. The molecule has 0 spiro atoms. The van der Waals surface area contributed by atoms with Gasteiger partial charge < -0.3 is 5.11 Å². The number of carbonyl (C=O) groups is 1. The number of nitrogens with zero attached hydrogens (tertiary/aromatic N) is 1. The Morgan fingerprint density at radius 3 is 2.24 bits per heavy atom. The van der Waals surface area contributed by atoms with Crippen molar-refractivity contribution in [2.45, 2.75) is 18.7 Å². The van der Waals surface area contributed by atoms with Crippen LogP contribution in [0.25, 0.3) is 0 Å². The normalized spacial score (nSPS) is 11.7. The highest BCUT2D eigenvalue weighted by molar-refractivity contribution is 7.89. The van der Waals surface area contributed by atoms with Crippen molar-refractivity contribution < 1.29 is 18.3 Å². The topological polar surface area (TPSA) is 74.7 Å². The Labute approximate surface area is 101 Å². The first-order chi connectivity index (χ1) is 7.95. The van der Waals surface area contributed by atoms with Gasteiger partial charge in [-0.1, -0.05) is 26.0 Å². The van der Waals surface area contributed by atoms with Gasteiger partial charge in [0.2, 0.25) is 10.0 Å². The molecule has 17 heavy (non-hydrogen) atoms. The summed E-state index contributed by atoms with van der Waals surface area (Å²) >= 11 is 0. The molecule has 0 aliphatic rings. The van der Waals surface area contributed by atoms with E-state index in [0.717, 1.165) is 0 Å². The van der Waals surface area contributed by atoms with Crippen LogP contribution in [0.2, 0.25) is 0 Å². The average Bonchev–Trinajstić information content (AvgIpc) is 2.30. The van der Waals surface area contributed by atoms with Crippen LogP contribution in [-0.4, -0.2) is 36.9 Å². The van der Waals surface area contributed by atoms with Gasteiger partial charge in [0.25, 0.3) is 0 Å². The molecule has 0 saturated carbocycles. The van der Waals surface area contributed by atoms with Crippen LogP contribution < -0.4 is 0 Å². The smallest absolute Gasteiger partial charge is 0.337 e. The van der Waals surface area contributed by atoms with E-state index in [2.05, 4.69) is 0 Å². The Morgan fingerprint density at radius 1 is 1.24 bits per heavy atom. The van der Waals surface area contributed by atoms with Gasteiger partial charge in [-0.2, -0.15) is 4.31 Å².